The Morgan fingerprint density at radius 3 is 2.76 bits per heavy atom. The molecule has 1 saturated carbocycles. The molecule has 2 N–H and O–H groups in total. The van der Waals surface area contributed by atoms with E-state index in [-0.39, 0.29) is 29.2 Å². The Hall–Kier alpha value is -2.65. The fourth-order valence-corrected chi connectivity index (χ4v) is 7.16. The highest BCUT2D eigenvalue weighted by molar-refractivity contribution is 7.99. The van der Waals surface area contributed by atoms with Crippen LogP contribution in [-0.4, -0.2) is 34.2 Å². The van der Waals surface area contributed by atoms with Gasteiger partial charge in [-0.25, -0.2) is 4.98 Å². The van der Waals surface area contributed by atoms with Crippen LogP contribution in [0.4, 0.5) is 5.69 Å². The summed E-state index contributed by atoms with van der Waals surface area (Å²) in [5.41, 5.74) is 2.32. The minimum absolute atomic E-state index is 0.0671. The molecule has 2 aliphatic rings. The number of fused-ring (bicyclic) bond motifs is 3. The largest absolute Gasteiger partial charge is 0.355 e. The quantitative estimate of drug-likeness (QED) is 0.386. The highest BCUT2D eigenvalue weighted by atomic mass is 32.2. The van der Waals surface area contributed by atoms with Crippen LogP contribution in [0.2, 0.25) is 0 Å². The molecule has 0 unspecified atom stereocenters. The minimum Gasteiger partial charge on any atom is -0.355 e. The van der Waals surface area contributed by atoms with Gasteiger partial charge in [0.05, 0.1) is 11.1 Å². The summed E-state index contributed by atoms with van der Waals surface area (Å²) in [6, 6.07) is 6.99. The molecule has 0 atom stereocenters. The molecule has 1 fully saturated rings. The van der Waals surface area contributed by atoms with Gasteiger partial charge in [-0.15, -0.1) is 11.3 Å². The lowest BCUT2D eigenvalue weighted by Crippen LogP contribution is -2.27. The second-order valence-electron chi connectivity index (χ2n) is 8.90. The Balaban J connectivity index is 1.41. The summed E-state index contributed by atoms with van der Waals surface area (Å²) in [5.74, 6) is -0.265. The number of benzene rings is 1. The van der Waals surface area contributed by atoms with E-state index < -0.39 is 0 Å². The van der Waals surface area contributed by atoms with Crippen LogP contribution in [0.15, 0.2) is 34.2 Å². The monoisotopic (exact) mass is 496 g/mol. The van der Waals surface area contributed by atoms with E-state index in [0.717, 1.165) is 55.2 Å². The van der Waals surface area contributed by atoms with E-state index in [2.05, 4.69) is 10.6 Å². The van der Waals surface area contributed by atoms with E-state index in [1.165, 1.54) is 28.6 Å². The molecule has 2 aromatic heterocycles. The number of amides is 2. The summed E-state index contributed by atoms with van der Waals surface area (Å²) < 4.78 is 1.88. The molecule has 0 saturated heterocycles. The molecule has 34 heavy (non-hydrogen) atoms. The summed E-state index contributed by atoms with van der Waals surface area (Å²) >= 11 is 2.96. The second kappa shape index (κ2) is 9.92. The fourth-order valence-electron chi connectivity index (χ4n) is 4.99. The molecular formula is C25H28N4O3S2. The van der Waals surface area contributed by atoms with Gasteiger partial charge in [-0.1, -0.05) is 30.7 Å². The molecule has 3 aromatic rings. The first-order valence-corrected chi connectivity index (χ1v) is 13.7. The topological polar surface area (TPSA) is 93.1 Å². The molecule has 2 aliphatic carbocycles. The van der Waals surface area contributed by atoms with Crippen LogP contribution in [-0.2, 0) is 17.6 Å². The van der Waals surface area contributed by atoms with Crippen molar-refractivity contribution < 1.29 is 9.59 Å². The van der Waals surface area contributed by atoms with Gasteiger partial charge in [-0.2, -0.15) is 0 Å². The Morgan fingerprint density at radius 2 is 1.97 bits per heavy atom. The normalized spacial score (nSPS) is 15.9. The number of nitrogens with one attached hydrogen (secondary N) is 2. The van der Waals surface area contributed by atoms with Crippen LogP contribution < -0.4 is 16.2 Å². The third-order valence-electron chi connectivity index (χ3n) is 6.65. The number of aromatic nitrogens is 2. The summed E-state index contributed by atoms with van der Waals surface area (Å²) in [5, 5.41) is 6.89. The number of hydrogen-bond acceptors (Lipinski definition) is 6. The summed E-state index contributed by atoms with van der Waals surface area (Å²) in [7, 11) is 1.57. The van der Waals surface area contributed by atoms with Crippen molar-refractivity contribution >= 4 is 50.8 Å². The lowest BCUT2D eigenvalue weighted by molar-refractivity contribution is -0.113. The number of anilines is 1. The average Bonchev–Trinajstić information content (AvgIpc) is 3.50. The first-order chi connectivity index (χ1) is 16.5. The predicted octanol–water partition coefficient (Wildman–Crippen LogP) is 4.54. The lowest BCUT2D eigenvalue weighted by atomic mass is 9.97. The summed E-state index contributed by atoms with van der Waals surface area (Å²) in [6.45, 7) is 0. The van der Waals surface area contributed by atoms with E-state index in [1.807, 2.05) is 4.57 Å². The third kappa shape index (κ3) is 4.51. The Kier molecular flexibility index (Phi) is 6.74. The zero-order valence-corrected chi connectivity index (χ0v) is 20.8. The van der Waals surface area contributed by atoms with Gasteiger partial charge in [0.15, 0.2) is 5.16 Å². The molecule has 0 bridgehead atoms. The van der Waals surface area contributed by atoms with Crippen molar-refractivity contribution in [2.45, 2.75) is 62.6 Å². The van der Waals surface area contributed by atoms with Crippen molar-refractivity contribution in [3.63, 3.8) is 0 Å². The molecule has 5 rings (SSSR count). The van der Waals surface area contributed by atoms with Gasteiger partial charge in [0.2, 0.25) is 5.91 Å². The maximum absolute atomic E-state index is 13.7. The van der Waals surface area contributed by atoms with E-state index in [9.17, 15) is 14.4 Å². The van der Waals surface area contributed by atoms with Crippen molar-refractivity contribution in [2.24, 2.45) is 0 Å². The van der Waals surface area contributed by atoms with Gasteiger partial charge < -0.3 is 10.6 Å². The number of thiophene rings is 1. The van der Waals surface area contributed by atoms with Crippen LogP contribution >= 0.6 is 23.1 Å². The Labute approximate surface area is 206 Å². The number of thioether (sulfide) groups is 1. The zero-order chi connectivity index (χ0) is 23.7. The van der Waals surface area contributed by atoms with Crippen molar-refractivity contribution in [2.75, 3.05) is 18.1 Å². The molecule has 7 nitrogen and oxygen atoms in total. The number of carbonyl (C=O) groups excluding carboxylic acids is 2. The molecule has 0 aliphatic heterocycles. The van der Waals surface area contributed by atoms with Gasteiger partial charge in [-0.3, -0.25) is 19.0 Å². The second-order valence-corrected chi connectivity index (χ2v) is 10.9. The first-order valence-electron chi connectivity index (χ1n) is 11.9. The molecule has 1 aromatic carbocycles. The van der Waals surface area contributed by atoms with E-state index >= 15 is 0 Å². The first kappa shape index (κ1) is 23.1. The molecule has 178 valence electrons. The van der Waals surface area contributed by atoms with Crippen molar-refractivity contribution in [3.8, 4) is 0 Å². The Bertz CT molecular complexity index is 1310. The highest BCUT2D eigenvalue weighted by Gasteiger charge is 2.27. The summed E-state index contributed by atoms with van der Waals surface area (Å²) in [4.78, 5) is 45.4. The van der Waals surface area contributed by atoms with Gasteiger partial charge in [0.1, 0.15) is 4.83 Å². The predicted molar refractivity (Wildman–Crippen MR) is 137 cm³/mol. The van der Waals surface area contributed by atoms with Crippen LogP contribution in [0.5, 0.6) is 0 Å². The van der Waals surface area contributed by atoms with Gasteiger partial charge in [0.25, 0.3) is 11.5 Å². The summed E-state index contributed by atoms with van der Waals surface area (Å²) in [6.07, 6.45) is 8.46. The molecule has 0 radical (unpaired) electrons. The van der Waals surface area contributed by atoms with Crippen LogP contribution in [0.3, 0.4) is 0 Å². The van der Waals surface area contributed by atoms with Crippen molar-refractivity contribution in [1.29, 1.82) is 0 Å². The maximum atomic E-state index is 13.7. The molecule has 0 spiro atoms. The third-order valence-corrected chi connectivity index (χ3v) is 8.78. The van der Waals surface area contributed by atoms with Gasteiger partial charge in [0, 0.05) is 29.2 Å². The van der Waals surface area contributed by atoms with Crippen LogP contribution in [0, 0.1) is 0 Å². The lowest BCUT2D eigenvalue weighted by Gasteiger charge is -2.18. The molecular weight excluding hydrogens is 468 g/mol. The average molecular weight is 497 g/mol. The van der Waals surface area contributed by atoms with Crippen LogP contribution in [0.25, 0.3) is 10.2 Å². The number of aryl methyl sites for hydroxylation is 2. The van der Waals surface area contributed by atoms with Gasteiger partial charge in [-0.05, 0) is 62.3 Å². The van der Waals surface area contributed by atoms with Crippen LogP contribution in [0.1, 0.15) is 65.4 Å². The van der Waals surface area contributed by atoms with Gasteiger partial charge >= 0.3 is 0 Å². The number of nitrogens with zero attached hydrogens (tertiary/aromatic N) is 2. The van der Waals surface area contributed by atoms with E-state index in [1.54, 1.807) is 42.6 Å². The molecule has 9 heteroatoms. The highest BCUT2D eigenvalue weighted by Crippen LogP contribution is 2.37. The smallest absolute Gasteiger partial charge is 0.263 e. The van der Waals surface area contributed by atoms with Crippen molar-refractivity contribution in [1.82, 2.24) is 14.9 Å². The fraction of sp³-hybridized carbons (Fsp3) is 0.440. The van der Waals surface area contributed by atoms with Crippen molar-refractivity contribution in [3.05, 3.63) is 50.6 Å². The minimum atomic E-state index is -0.206. The van der Waals surface area contributed by atoms with E-state index in [4.69, 9.17) is 4.98 Å². The van der Waals surface area contributed by atoms with E-state index in [0.29, 0.717) is 16.4 Å². The molecule has 2 heterocycles. The number of carbonyl (C=O) groups is 2. The Morgan fingerprint density at radius 1 is 1.18 bits per heavy atom. The number of rotatable bonds is 6. The standard InChI is InChI=1S/C25H28N4O3S2/c1-26-22(31)15-7-6-8-16(13-15)27-20(30)14-33-25-28-23-21(18-11-4-5-12-19(18)34-23)24(32)29(25)17-9-2-3-10-17/h6-8,13,17H,2-5,9-12,14H2,1H3,(H,26,31)(H,27,30). The maximum Gasteiger partial charge on any atom is 0.263 e. The molecule has 2 amide bonds. The number of hydrogen-bond donors (Lipinski definition) is 2. The zero-order valence-electron chi connectivity index (χ0n) is 19.2. The SMILES string of the molecule is CNC(=O)c1cccc(NC(=O)CSc2nc3sc4c(c3c(=O)n2C2CCCC2)CCCC4)c1.